The van der Waals surface area contributed by atoms with Gasteiger partial charge in [-0.3, -0.25) is 4.90 Å². The molecule has 0 aromatic heterocycles. The summed E-state index contributed by atoms with van der Waals surface area (Å²) < 4.78 is 46.0. The molecule has 1 amide bonds. The van der Waals surface area contributed by atoms with Gasteiger partial charge in [-0.15, -0.1) is 0 Å². The highest BCUT2D eigenvalue weighted by atomic mass is 19.3. The van der Waals surface area contributed by atoms with E-state index in [1.807, 2.05) is 4.90 Å². The number of halogens is 3. The second-order valence-electron chi connectivity index (χ2n) is 7.85. The van der Waals surface area contributed by atoms with E-state index in [4.69, 9.17) is 4.74 Å². The van der Waals surface area contributed by atoms with Crippen LogP contribution in [0.25, 0.3) is 0 Å². The Morgan fingerprint density at radius 3 is 2.46 bits per heavy atom. The van der Waals surface area contributed by atoms with E-state index in [-0.39, 0.29) is 25.9 Å². The predicted octanol–water partition coefficient (Wildman–Crippen LogP) is 4.64. The van der Waals surface area contributed by atoms with Crippen molar-refractivity contribution >= 4 is 6.09 Å². The zero-order valence-corrected chi connectivity index (χ0v) is 15.7. The summed E-state index contributed by atoms with van der Waals surface area (Å²) >= 11 is 0. The number of hydrogen-bond acceptors (Lipinski definition) is 3. The summed E-state index contributed by atoms with van der Waals surface area (Å²) in [5, 5.41) is 2.67. The van der Waals surface area contributed by atoms with Gasteiger partial charge in [0, 0.05) is 38.0 Å². The standard InChI is InChI=1S/C19H27F3N2O2/c1-13(23-17(25)26-18(2,3)4)14-5-6-15(16(20)11-14)12-24-9-7-19(21,22)8-10-24/h5-6,11,13H,7-10,12H2,1-4H3,(H,23,25). The molecular formula is C19H27F3N2O2. The molecule has 1 atom stereocenters. The number of carbonyl (C=O) groups is 1. The van der Waals surface area contributed by atoms with E-state index in [0.717, 1.165) is 0 Å². The SMILES string of the molecule is CC(NC(=O)OC(C)(C)C)c1ccc(CN2CCC(F)(F)CC2)c(F)c1. The molecule has 7 heteroatoms. The average molecular weight is 372 g/mol. The number of rotatable bonds is 4. The number of piperidine rings is 1. The summed E-state index contributed by atoms with van der Waals surface area (Å²) in [7, 11) is 0. The van der Waals surface area contributed by atoms with Crippen LogP contribution in [0.4, 0.5) is 18.0 Å². The van der Waals surface area contributed by atoms with Crippen molar-refractivity contribution in [1.82, 2.24) is 10.2 Å². The Bertz CT molecular complexity index is 634. The summed E-state index contributed by atoms with van der Waals surface area (Å²) in [4.78, 5) is 13.6. The number of ether oxygens (including phenoxy) is 1. The Kier molecular flexibility index (Phi) is 6.21. The lowest BCUT2D eigenvalue weighted by Crippen LogP contribution is -2.39. The monoisotopic (exact) mass is 372 g/mol. The van der Waals surface area contributed by atoms with Crippen LogP contribution >= 0.6 is 0 Å². The molecule has 0 spiro atoms. The smallest absolute Gasteiger partial charge is 0.408 e. The van der Waals surface area contributed by atoms with Crippen molar-refractivity contribution < 1.29 is 22.7 Å². The molecule has 4 nitrogen and oxygen atoms in total. The number of carbonyl (C=O) groups excluding carboxylic acids is 1. The first-order chi connectivity index (χ1) is 12.0. The van der Waals surface area contributed by atoms with Crippen molar-refractivity contribution in [2.24, 2.45) is 0 Å². The Morgan fingerprint density at radius 2 is 1.92 bits per heavy atom. The molecule has 1 aromatic rings. The molecule has 0 radical (unpaired) electrons. The fourth-order valence-electron chi connectivity index (χ4n) is 2.81. The molecule has 0 bridgehead atoms. The Hall–Kier alpha value is -1.76. The van der Waals surface area contributed by atoms with Gasteiger partial charge in [-0.05, 0) is 39.3 Å². The maximum Gasteiger partial charge on any atom is 0.408 e. The third kappa shape index (κ3) is 6.20. The van der Waals surface area contributed by atoms with Gasteiger partial charge < -0.3 is 10.1 Å². The van der Waals surface area contributed by atoms with Crippen LogP contribution in [0.2, 0.25) is 0 Å². The van der Waals surface area contributed by atoms with E-state index in [0.29, 0.717) is 17.7 Å². The average Bonchev–Trinajstić information content (AvgIpc) is 2.49. The van der Waals surface area contributed by atoms with Crippen molar-refractivity contribution in [3.8, 4) is 0 Å². The minimum Gasteiger partial charge on any atom is -0.444 e. The lowest BCUT2D eigenvalue weighted by Gasteiger charge is -2.31. The van der Waals surface area contributed by atoms with Crippen LogP contribution in [-0.2, 0) is 11.3 Å². The van der Waals surface area contributed by atoms with Crippen molar-refractivity contribution in [2.75, 3.05) is 13.1 Å². The minimum atomic E-state index is -2.61. The van der Waals surface area contributed by atoms with E-state index in [9.17, 15) is 18.0 Å². The van der Waals surface area contributed by atoms with Crippen molar-refractivity contribution in [1.29, 1.82) is 0 Å². The van der Waals surface area contributed by atoms with Crippen LogP contribution in [0, 0.1) is 5.82 Å². The van der Waals surface area contributed by atoms with Gasteiger partial charge in [0.1, 0.15) is 11.4 Å². The van der Waals surface area contributed by atoms with E-state index < -0.39 is 29.5 Å². The molecule has 1 unspecified atom stereocenters. The van der Waals surface area contributed by atoms with Gasteiger partial charge in [0.15, 0.2) is 0 Å². The quantitative estimate of drug-likeness (QED) is 0.837. The second kappa shape index (κ2) is 7.86. The molecular weight excluding hydrogens is 345 g/mol. The maximum atomic E-state index is 14.4. The fraction of sp³-hybridized carbons (Fsp3) is 0.632. The van der Waals surface area contributed by atoms with Crippen LogP contribution in [0.3, 0.4) is 0 Å². The highest BCUT2D eigenvalue weighted by Gasteiger charge is 2.34. The predicted molar refractivity (Wildman–Crippen MR) is 93.6 cm³/mol. The van der Waals surface area contributed by atoms with E-state index >= 15 is 0 Å². The largest absolute Gasteiger partial charge is 0.444 e. The first-order valence-corrected chi connectivity index (χ1v) is 8.83. The highest BCUT2D eigenvalue weighted by molar-refractivity contribution is 5.68. The molecule has 1 aliphatic rings. The highest BCUT2D eigenvalue weighted by Crippen LogP contribution is 2.29. The molecule has 146 valence electrons. The minimum absolute atomic E-state index is 0.191. The third-order valence-electron chi connectivity index (χ3n) is 4.29. The topological polar surface area (TPSA) is 41.6 Å². The number of nitrogens with one attached hydrogen (secondary N) is 1. The Balaban J connectivity index is 1.95. The van der Waals surface area contributed by atoms with Crippen LogP contribution in [0.5, 0.6) is 0 Å². The first-order valence-electron chi connectivity index (χ1n) is 8.83. The molecule has 1 N–H and O–H groups in total. The summed E-state index contributed by atoms with van der Waals surface area (Å²) in [6.07, 6.45) is -0.948. The van der Waals surface area contributed by atoms with Crippen molar-refractivity contribution in [3.63, 3.8) is 0 Å². The van der Waals surface area contributed by atoms with Gasteiger partial charge in [0.25, 0.3) is 5.92 Å². The zero-order chi connectivity index (χ0) is 19.5. The Labute approximate surface area is 152 Å². The normalized spacial score (nSPS) is 19.0. The third-order valence-corrected chi connectivity index (χ3v) is 4.29. The van der Waals surface area contributed by atoms with Gasteiger partial charge in [-0.2, -0.15) is 0 Å². The van der Waals surface area contributed by atoms with E-state index in [1.165, 1.54) is 6.07 Å². The van der Waals surface area contributed by atoms with Gasteiger partial charge in [0.2, 0.25) is 0 Å². The van der Waals surface area contributed by atoms with E-state index in [2.05, 4.69) is 5.32 Å². The molecule has 26 heavy (non-hydrogen) atoms. The summed E-state index contributed by atoms with van der Waals surface area (Å²) in [6.45, 7) is 7.85. The summed E-state index contributed by atoms with van der Waals surface area (Å²) in [5.41, 5.74) is 0.468. The van der Waals surface area contributed by atoms with Gasteiger partial charge in [-0.1, -0.05) is 12.1 Å². The number of amides is 1. The lowest BCUT2D eigenvalue weighted by atomic mass is 10.0. The number of benzene rings is 1. The number of alkyl halides is 2. The van der Waals surface area contributed by atoms with Crippen LogP contribution in [0.15, 0.2) is 18.2 Å². The fourth-order valence-corrected chi connectivity index (χ4v) is 2.81. The molecule has 1 fully saturated rings. The Morgan fingerprint density at radius 1 is 1.31 bits per heavy atom. The number of nitrogens with zero attached hydrogens (tertiary/aromatic N) is 1. The number of alkyl carbamates (subject to hydrolysis) is 1. The zero-order valence-electron chi connectivity index (χ0n) is 15.7. The van der Waals surface area contributed by atoms with Crippen LogP contribution < -0.4 is 5.32 Å². The first kappa shape index (κ1) is 20.6. The molecule has 0 aliphatic carbocycles. The van der Waals surface area contributed by atoms with Crippen molar-refractivity contribution in [2.45, 2.75) is 64.6 Å². The van der Waals surface area contributed by atoms with Gasteiger partial charge in [-0.25, -0.2) is 18.0 Å². The second-order valence-corrected chi connectivity index (χ2v) is 7.85. The molecule has 1 heterocycles. The summed E-state index contributed by atoms with van der Waals surface area (Å²) in [6, 6.07) is 4.33. The van der Waals surface area contributed by atoms with Crippen molar-refractivity contribution in [3.05, 3.63) is 35.1 Å². The van der Waals surface area contributed by atoms with Crippen LogP contribution in [-0.4, -0.2) is 35.6 Å². The molecule has 2 rings (SSSR count). The maximum absolute atomic E-state index is 14.4. The van der Waals surface area contributed by atoms with E-state index in [1.54, 1.807) is 39.8 Å². The van der Waals surface area contributed by atoms with Gasteiger partial charge >= 0.3 is 6.09 Å². The number of hydrogen-bond donors (Lipinski definition) is 1. The molecule has 1 saturated heterocycles. The lowest BCUT2D eigenvalue weighted by molar-refractivity contribution is -0.0567. The molecule has 0 saturated carbocycles. The van der Waals surface area contributed by atoms with Crippen LogP contribution in [0.1, 0.15) is 57.7 Å². The van der Waals surface area contributed by atoms with Gasteiger partial charge in [0.05, 0.1) is 6.04 Å². The molecule has 1 aromatic carbocycles. The summed E-state index contributed by atoms with van der Waals surface area (Å²) in [5.74, 6) is -3.01. The molecule has 1 aliphatic heterocycles. The number of likely N-dealkylation sites (tertiary alicyclic amines) is 1.